The summed E-state index contributed by atoms with van der Waals surface area (Å²) in [5, 5.41) is 0. The Hall–Kier alpha value is -0.740. The number of hydrogen-bond acceptors (Lipinski definition) is 0. The first-order valence-electron chi connectivity index (χ1n) is 3.32. The van der Waals surface area contributed by atoms with Crippen molar-refractivity contribution in [3.8, 4) is 0 Å². The first-order chi connectivity index (χ1) is 4.31. The van der Waals surface area contributed by atoms with Crippen LogP contribution >= 0.6 is 0 Å². The lowest BCUT2D eigenvalue weighted by molar-refractivity contribution is 1.19. The monoisotopic (exact) mass is 122 g/mol. The van der Waals surface area contributed by atoms with Gasteiger partial charge in [-0.15, -0.1) is 12.3 Å². The maximum Gasteiger partial charge on any atom is -0.00681 e. The molecule has 0 aromatic rings. The van der Waals surface area contributed by atoms with Crippen molar-refractivity contribution in [2.24, 2.45) is 0 Å². The number of hydrogen-bond donors (Lipinski definition) is 0. The molecule has 0 aromatic carbocycles. The average molecular weight is 122 g/mol. The van der Waals surface area contributed by atoms with Crippen LogP contribution in [0.1, 0.15) is 26.7 Å². The minimum absolute atomic E-state index is 0.955. The Kier molecular flexibility index (Phi) is 4.95. The predicted molar refractivity (Wildman–Crippen MR) is 42.4 cm³/mol. The molecule has 0 spiro atoms. The maximum absolute atomic E-state index is 3.63. The van der Waals surface area contributed by atoms with Gasteiger partial charge in [-0.05, 0) is 31.4 Å². The van der Waals surface area contributed by atoms with Gasteiger partial charge < -0.3 is 0 Å². The summed E-state index contributed by atoms with van der Waals surface area (Å²) in [5.41, 5.74) is 4.41. The van der Waals surface area contributed by atoms with Crippen molar-refractivity contribution in [2.75, 3.05) is 0 Å². The zero-order chi connectivity index (χ0) is 7.11. The molecule has 0 atom stereocenters. The van der Waals surface area contributed by atoms with Crippen LogP contribution in [0.2, 0.25) is 0 Å². The Balaban J connectivity index is 3.81. The summed E-state index contributed by atoms with van der Waals surface area (Å²) in [7, 11) is 0. The number of allylic oxidation sites excluding steroid dienone is 2. The summed E-state index contributed by atoms with van der Waals surface area (Å²) in [6.45, 7) is 7.80. The van der Waals surface area contributed by atoms with Crippen molar-refractivity contribution in [3.63, 3.8) is 0 Å². The molecule has 0 aliphatic rings. The lowest BCUT2D eigenvalue weighted by Gasteiger charge is -1.85. The summed E-state index contributed by atoms with van der Waals surface area (Å²) < 4.78 is 0. The molecule has 0 fully saturated rings. The van der Waals surface area contributed by atoms with Crippen LogP contribution in [0, 0.1) is 0 Å². The minimum Gasteiger partial charge on any atom is -0.126 e. The van der Waals surface area contributed by atoms with E-state index in [1.54, 1.807) is 0 Å². The van der Waals surface area contributed by atoms with Gasteiger partial charge in [0.1, 0.15) is 0 Å². The van der Waals surface area contributed by atoms with Crippen LogP contribution in [0.5, 0.6) is 0 Å². The lowest BCUT2D eigenvalue weighted by atomic mass is 10.2. The normalized spacial score (nSPS) is 7.78. The Morgan fingerprint density at radius 1 is 1.67 bits per heavy atom. The van der Waals surface area contributed by atoms with Crippen molar-refractivity contribution in [3.05, 3.63) is 30.0 Å². The van der Waals surface area contributed by atoms with Crippen molar-refractivity contribution in [2.45, 2.75) is 26.7 Å². The van der Waals surface area contributed by atoms with E-state index in [-0.39, 0.29) is 0 Å². The summed E-state index contributed by atoms with van der Waals surface area (Å²) in [5.74, 6) is 0. The molecule has 0 aliphatic heterocycles. The molecule has 0 unspecified atom stereocenters. The van der Waals surface area contributed by atoms with Crippen LogP contribution in [0.25, 0.3) is 0 Å². The molecule has 0 bridgehead atoms. The molecule has 0 nitrogen and oxygen atoms in total. The SMILES string of the molecule is C=CCC(C)=C=CCC. The molecule has 0 N–H and O–H groups in total. The van der Waals surface area contributed by atoms with Crippen LogP contribution in [0.15, 0.2) is 30.0 Å². The van der Waals surface area contributed by atoms with Crippen LogP contribution in [0.3, 0.4) is 0 Å². The van der Waals surface area contributed by atoms with E-state index in [1.807, 2.05) is 12.2 Å². The second kappa shape index (κ2) is 5.40. The van der Waals surface area contributed by atoms with Gasteiger partial charge in [0.2, 0.25) is 0 Å². The topological polar surface area (TPSA) is 0 Å². The first-order valence-corrected chi connectivity index (χ1v) is 3.32. The van der Waals surface area contributed by atoms with Gasteiger partial charge in [0, 0.05) is 0 Å². The molecule has 0 amide bonds. The highest BCUT2D eigenvalue weighted by atomic mass is 13.8. The van der Waals surface area contributed by atoms with Crippen LogP contribution in [-0.2, 0) is 0 Å². The van der Waals surface area contributed by atoms with E-state index in [4.69, 9.17) is 0 Å². The maximum atomic E-state index is 3.63. The van der Waals surface area contributed by atoms with E-state index in [2.05, 4.69) is 26.2 Å². The number of rotatable bonds is 3. The van der Waals surface area contributed by atoms with E-state index < -0.39 is 0 Å². The highest BCUT2D eigenvalue weighted by molar-refractivity contribution is 5.02. The van der Waals surface area contributed by atoms with E-state index in [0.717, 1.165) is 12.8 Å². The summed E-state index contributed by atoms with van der Waals surface area (Å²) in [4.78, 5) is 0. The third-order valence-electron chi connectivity index (χ3n) is 1.00. The van der Waals surface area contributed by atoms with Gasteiger partial charge in [-0.1, -0.05) is 13.0 Å². The standard InChI is InChI=1S/C9H14/c1-4-6-8-9(3)7-5-2/h5-6H,2,4,7H2,1,3H3. The van der Waals surface area contributed by atoms with Gasteiger partial charge in [0.15, 0.2) is 0 Å². The molecule has 0 radical (unpaired) electrons. The minimum atomic E-state index is 0.955. The van der Waals surface area contributed by atoms with Gasteiger partial charge in [-0.25, -0.2) is 0 Å². The van der Waals surface area contributed by atoms with Crippen molar-refractivity contribution in [1.29, 1.82) is 0 Å². The predicted octanol–water partition coefficient (Wildman–Crippen LogP) is 3.07. The van der Waals surface area contributed by atoms with Gasteiger partial charge in [-0.3, -0.25) is 0 Å². The molecule has 0 aromatic heterocycles. The Bertz CT molecular complexity index is 134. The van der Waals surface area contributed by atoms with Gasteiger partial charge in [0.25, 0.3) is 0 Å². The van der Waals surface area contributed by atoms with Crippen molar-refractivity contribution >= 4 is 0 Å². The largest absolute Gasteiger partial charge is 0.126 e. The molecule has 9 heavy (non-hydrogen) atoms. The molecular weight excluding hydrogens is 108 g/mol. The second-order valence-corrected chi connectivity index (χ2v) is 2.03. The molecule has 0 saturated carbocycles. The first kappa shape index (κ1) is 8.26. The fourth-order valence-corrected chi connectivity index (χ4v) is 0.552. The molecule has 0 heteroatoms. The lowest BCUT2D eigenvalue weighted by Crippen LogP contribution is -1.65. The molecular formula is C9H14. The fourth-order valence-electron chi connectivity index (χ4n) is 0.552. The summed E-state index contributed by atoms with van der Waals surface area (Å²) >= 11 is 0. The quantitative estimate of drug-likeness (QED) is 0.398. The fraction of sp³-hybridized carbons (Fsp3) is 0.444. The van der Waals surface area contributed by atoms with Crippen molar-refractivity contribution < 1.29 is 0 Å². The van der Waals surface area contributed by atoms with Gasteiger partial charge in [-0.2, -0.15) is 0 Å². The van der Waals surface area contributed by atoms with E-state index in [0.29, 0.717) is 0 Å². The highest BCUT2D eigenvalue weighted by Crippen LogP contribution is 1.96. The van der Waals surface area contributed by atoms with E-state index in [1.165, 1.54) is 5.57 Å². The van der Waals surface area contributed by atoms with Crippen LogP contribution in [-0.4, -0.2) is 0 Å². The molecule has 50 valence electrons. The van der Waals surface area contributed by atoms with Gasteiger partial charge in [0.05, 0.1) is 0 Å². The second-order valence-electron chi connectivity index (χ2n) is 2.03. The van der Waals surface area contributed by atoms with Gasteiger partial charge >= 0.3 is 0 Å². The Morgan fingerprint density at radius 3 is 2.78 bits per heavy atom. The van der Waals surface area contributed by atoms with Crippen molar-refractivity contribution in [1.82, 2.24) is 0 Å². The van der Waals surface area contributed by atoms with Crippen LogP contribution in [0.4, 0.5) is 0 Å². The molecule has 0 aliphatic carbocycles. The molecule has 0 heterocycles. The zero-order valence-electron chi connectivity index (χ0n) is 6.28. The summed E-state index contributed by atoms with van der Waals surface area (Å²) in [6.07, 6.45) is 5.95. The third-order valence-corrected chi connectivity index (χ3v) is 1.00. The van der Waals surface area contributed by atoms with E-state index in [9.17, 15) is 0 Å². The summed E-state index contributed by atoms with van der Waals surface area (Å²) in [6, 6.07) is 0. The van der Waals surface area contributed by atoms with Crippen LogP contribution < -0.4 is 0 Å². The Labute approximate surface area is 57.6 Å². The third kappa shape index (κ3) is 5.13. The molecule has 0 rings (SSSR count). The Morgan fingerprint density at radius 2 is 2.33 bits per heavy atom. The van der Waals surface area contributed by atoms with E-state index >= 15 is 0 Å². The smallest absolute Gasteiger partial charge is 0.00681 e. The average Bonchev–Trinajstić information content (AvgIpc) is 1.85. The zero-order valence-corrected chi connectivity index (χ0v) is 6.28. The molecule has 0 saturated heterocycles. The highest BCUT2D eigenvalue weighted by Gasteiger charge is 1.77.